The second kappa shape index (κ2) is 7.02. The molecule has 0 aliphatic heterocycles. The maximum absolute atomic E-state index is 6.18. The zero-order chi connectivity index (χ0) is 14.7. The van der Waals surface area contributed by atoms with Gasteiger partial charge in [-0.25, -0.2) is 0 Å². The third kappa shape index (κ3) is 3.81. The highest BCUT2D eigenvalue weighted by atomic mass is 35.5. The van der Waals surface area contributed by atoms with Crippen LogP contribution in [0.5, 0.6) is 0 Å². The Morgan fingerprint density at radius 3 is 2.40 bits per heavy atom. The van der Waals surface area contributed by atoms with E-state index in [1.165, 1.54) is 0 Å². The van der Waals surface area contributed by atoms with Crippen LogP contribution >= 0.6 is 46.4 Å². The first-order valence-corrected chi connectivity index (χ1v) is 7.61. The second-order valence-corrected chi connectivity index (χ2v) is 6.11. The molecule has 1 N–H and O–H groups in total. The van der Waals surface area contributed by atoms with E-state index in [0.29, 0.717) is 21.6 Å². The number of benzene rings is 2. The van der Waals surface area contributed by atoms with Crippen molar-refractivity contribution in [1.82, 2.24) is 5.32 Å². The Morgan fingerprint density at radius 1 is 1.00 bits per heavy atom. The molecule has 0 aliphatic carbocycles. The van der Waals surface area contributed by atoms with E-state index >= 15 is 0 Å². The van der Waals surface area contributed by atoms with Crippen molar-refractivity contribution in [2.24, 2.45) is 0 Å². The summed E-state index contributed by atoms with van der Waals surface area (Å²) in [7, 11) is 0. The highest BCUT2D eigenvalue weighted by Gasteiger charge is 2.11. The molecule has 0 aromatic heterocycles. The average molecular weight is 349 g/mol. The summed E-state index contributed by atoms with van der Waals surface area (Å²) in [6.45, 7) is 2.59. The third-order valence-corrected chi connectivity index (χ3v) is 4.51. The summed E-state index contributed by atoms with van der Waals surface area (Å²) in [6, 6.07) is 11.3. The molecule has 5 heteroatoms. The molecule has 0 spiro atoms. The molecule has 2 rings (SSSR count). The van der Waals surface area contributed by atoms with Crippen molar-refractivity contribution in [3.8, 4) is 0 Å². The predicted octanol–water partition coefficient (Wildman–Crippen LogP) is 6.15. The van der Waals surface area contributed by atoms with Crippen molar-refractivity contribution >= 4 is 46.4 Å². The van der Waals surface area contributed by atoms with Crippen molar-refractivity contribution < 1.29 is 0 Å². The zero-order valence-electron chi connectivity index (χ0n) is 10.8. The maximum atomic E-state index is 6.18. The summed E-state index contributed by atoms with van der Waals surface area (Å²) in [5.74, 6) is 0. The average Bonchev–Trinajstić information content (AvgIpc) is 2.43. The molecular weight excluding hydrogens is 336 g/mol. The molecule has 0 bridgehead atoms. The Bertz CT molecular complexity index is 613. The molecule has 2 aromatic rings. The number of nitrogens with one attached hydrogen (secondary N) is 1. The third-order valence-electron chi connectivity index (χ3n) is 3.07. The summed E-state index contributed by atoms with van der Waals surface area (Å²) < 4.78 is 0. The maximum Gasteiger partial charge on any atom is 0.0652 e. The van der Waals surface area contributed by atoms with E-state index in [2.05, 4.69) is 12.2 Å². The van der Waals surface area contributed by atoms with Gasteiger partial charge in [-0.15, -0.1) is 0 Å². The normalized spacial score (nSPS) is 12.4. The van der Waals surface area contributed by atoms with Crippen LogP contribution in [0, 0.1) is 0 Å². The van der Waals surface area contributed by atoms with E-state index in [-0.39, 0.29) is 6.04 Å². The lowest BCUT2D eigenvalue weighted by molar-refractivity contribution is 0.575. The Kier molecular flexibility index (Phi) is 5.59. The van der Waals surface area contributed by atoms with E-state index < -0.39 is 0 Å². The Labute approximate surface area is 138 Å². The quantitative estimate of drug-likeness (QED) is 0.653. The lowest BCUT2D eigenvalue weighted by Gasteiger charge is -2.16. The molecule has 20 heavy (non-hydrogen) atoms. The zero-order valence-corrected chi connectivity index (χ0v) is 13.8. The van der Waals surface area contributed by atoms with Crippen LogP contribution < -0.4 is 5.32 Å². The van der Waals surface area contributed by atoms with Crippen molar-refractivity contribution in [3.05, 3.63) is 67.6 Å². The second-order valence-electron chi connectivity index (χ2n) is 4.48. The molecule has 2 aromatic carbocycles. The molecule has 0 heterocycles. The van der Waals surface area contributed by atoms with Crippen LogP contribution in [0.2, 0.25) is 20.1 Å². The van der Waals surface area contributed by atoms with Crippen LogP contribution in [-0.4, -0.2) is 0 Å². The molecule has 1 nitrogen and oxygen atoms in total. The lowest BCUT2D eigenvalue weighted by Crippen LogP contribution is -2.18. The molecule has 1 atom stereocenters. The van der Waals surface area contributed by atoms with Crippen LogP contribution in [0.25, 0.3) is 0 Å². The van der Waals surface area contributed by atoms with E-state index in [9.17, 15) is 0 Å². The van der Waals surface area contributed by atoms with Gasteiger partial charge >= 0.3 is 0 Å². The molecule has 106 valence electrons. The van der Waals surface area contributed by atoms with E-state index in [1.54, 1.807) is 12.1 Å². The summed E-state index contributed by atoms with van der Waals surface area (Å²) in [6.07, 6.45) is 0. The van der Waals surface area contributed by atoms with E-state index in [4.69, 9.17) is 46.4 Å². The van der Waals surface area contributed by atoms with Crippen molar-refractivity contribution in [2.75, 3.05) is 0 Å². The fraction of sp³-hybridized carbons (Fsp3) is 0.200. The SMILES string of the molecule is CC(NCc1c(Cl)ccc(Cl)c1Cl)c1cccc(Cl)c1. The topological polar surface area (TPSA) is 12.0 Å². The van der Waals surface area contributed by atoms with Crippen molar-refractivity contribution in [3.63, 3.8) is 0 Å². The first-order chi connectivity index (χ1) is 9.49. The number of rotatable bonds is 4. The Hall–Kier alpha value is -0.440. The molecule has 0 fully saturated rings. The van der Waals surface area contributed by atoms with Gasteiger partial charge in [-0.05, 0) is 36.8 Å². The minimum Gasteiger partial charge on any atom is -0.306 e. The van der Waals surface area contributed by atoms with Crippen LogP contribution in [0.15, 0.2) is 36.4 Å². The van der Waals surface area contributed by atoms with Crippen molar-refractivity contribution in [1.29, 1.82) is 0 Å². The highest BCUT2D eigenvalue weighted by molar-refractivity contribution is 6.44. The van der Waals surface area contributed by atoms with Gasteiger partial charge in [0.15, 0.2) is 0 Å². The summed E-state index contributed by atoms with van der Waals surface area (Å²) in [5.41, 5.74) is 1.90. The number of hydrogen-bond donors (Lipinski definition) is 1. The van der Waals surface area contributed by atoms with Crippen molar-refractivity contribution in [2.45, 2.75) is 19.5 Å². The van der Waals surface area contributed by atoms with Gasteiger partial charge in [0.05, 0.1) is 10.0 Å². The monoisotopic (exact) mass is 347 g/mol. The molecule has 1 unspecified atom stereocenters. The van der Waals surface area contributed by atoms with Crippen LogP contribution in [-0.2, 0) is 6.54 Å². The first-order valence-electron chi connectivity index (χ1n) is 6.10. The highest BCUT2D eigenvalue weighted by Crippen LogP contribution is 2.31. The first kappa shape index (κ1) is 15.9. The summed E-state index contributed by atoms with van der Waals surface area (Å²) in [4.78, 5) is 0. The van der Waals surface area contributed by atoms with Crippen LogP contribution in [0.3, 0.4) is 0 Å². The smallest absolute Gasteiger partial charge is 0.0652 e. The Balaban J connectivity index is 2.11. The van der Waals surface area contributed by atoms with Crippen LogP contribution in [0.4, 0.5) is 0 Å². The largest absolute Gasteiger partial charge is 0.306 e. The molecule has 0 saturated carbocycles. The van der Waals surface area contributed by atoms with Gasteiger partial charge in [0.25, 0.3) is 0 Å². The molecule has 0 amide bonds. The summed E-state index contributed by atoms with van der Waals surface area (Å²) >= 11 is 24.3. The van der Waals surface area contributed by atoms with Gasteiger partial charge in [0, 0.05) is 28.2 Å². The molecular formula is C15H13Cl4N. The van der Waals surface area contributed by atoms with E-state index in [1.807, 2.05) is 24.3 Å². The number of hydrogen-bond acceptors (Lipinski definition) is 1. The minimum atomic E-state index is 0.125. The van der Waals surface area contributed by atoms with Gasteiger partial charge in [0.2, 0.25) is 0 Å². The van der Waals surface area contributed by atoms with Gasteiger partial charge in [-0.3, -0.25) is 0 Å². The number of halogens is 4. The molecule has 0 aliphatic rings. The van der Waals surface area contributed by atoms with E-state index in [0.717, 1.165) is 16.1 Å². The van der Waals surface area contributed by atoms with Gasteiger partial charge in [-0.2, -0.15) is 0 Å². The standard InChI is InChI=1S/C15H13Cl4N/c1-9(10-3-2-4-11(16)7-10)20-8-12-13(17)5-6-14(18)15(12)19/h2-7,9,20H,8H2,1H3. The van der Waals surface area contributed by atoms with Gasteiger partial charge < -0.3 is 5.32 Å². The fourth-order valence-electron chi connectivity index (χ4n) is 1.88. The predicted molar refractivity (Wildman–Crippen MR) is 88.2 cm³/mol. The lowest BCUT2D eigenvalue weighted by atomic mass is 10.1. The minimum absolute atomic E-state index is 0.125. The Morgan fingerprint density at radius 2 is 1.70 bits per heavy atom. The summed E-state index contributed by atoms with van der Waals surface area (Å²) in [5, 5.41) is 5.68. The molecule has 0 radical (unpaired) electrons. The fourth-order valence-corrected chi connectivity index (χ4v) is 2.76. The van der Waals surface area contributed by atoms with Crippen LogP contribution in [0.1, 0.15) is 24.1 Å². The van der Waals surface area contributed by atoms with Gasteiger partial charge in [-0.1, -0.05) is 58.5 Å². The molecule has 0 saturated heterocycles. The van der Waals surface area contributed by atoms with Gasteiger partial charge in [0.1, 0.15) is 0 Å².